The number of nitrogens with zero attached hydrogens (tertiary/aromatic N) is 2. The van der Waals surface area contributed by atoms with Gasteiger partial charge in [0, 0.05) is 5.69 Å². The lowest BCUT2D eigenvalue weighted by Gasteiger charge is -2.09. The molecule has 3 aromatic rings. The van der Waals surface area contributed by atoms with Gasteiger partial charge in [0.25, 0.3) is 5.56 Å². The first-order valence-electron chi connectivity index (χ1n) is 8.21. The molecule has 0 spiro atoms. The number of aromatic amines is 1. The quantitative estimate of drug-likeness (QED) is 0.727. The number of nitrogens with one attached hydrogen (secondary N) is 1. The van der Waals surface area contributed by atoms with Crippen LogP contribution >= 0.6 is 0 Å². The van der Waals surface area contributed by atoms with Gasteiger partial charge in [-0.15, -0.1) is 0 Å². The number of aryl methyl sites for hydroxylation is 2. The molecule has 134 valence electrons. The molecular formula is C18H15F2N3O3. The third-order valence-corrected chi connectivity index (χ3v) is 4.50. The molecule has 2 heterocycles. The minimum Gasteiger partial charge on any atom is -0.454 e. The second-order valence-corrected chi connectivity index (χ2v) is 6.11. The SMILES string of the molecule is O=C(OCc1nc2ccccc2n1C(F)F)c1cc2c([nH]c1=O)CCC2. The van der Waals surface area contributed by atoms with Crippen molar-refractivity contribution in [2.75, 3.05) is 0 Å². The number of imidazole rings is 1. The van der Waals surface area contributed by atoms with Crippen LogP contribution in [0, 0.1) is 0 Å². The molecule has 1 aliphatic rings. The van der Waals surface area contributed by atoms with Crippen molar-refractivity contribution in [2.45, 2.75) is 32.4 Å². The Morgan fingerprint density at radius 2 is 2.12 bits per heavy atom. The molecule has 6 nitrogen and oxygen atoms in total. The van der Waals surface area contributed by atoms with Crippen LogP contribution < -0.4 is 5.56 Å². The lowest BCUT2D eigenvalue weighted by Crippen LogP contribution is -2.21. The first-order valence-corrected chi connectivity index (χ1v) is 8.21. The van der Waals surface area contributed by atoms with Gasteiger partial charge >= 0.3 is 12.5 Å². The Morgan fingerprint density at radius 3 is 2.92 bits per heavy atom. The summed E-state index contributed by atoms with van der Waals surface area (Å²) in [5, 5.41) is 0. The van der Waals surface area contributed by atoms with E-state index in [1.807, 2.05) is 0 Å². The third-order valence-electron chi connectivity index (χ3n) is 4.50. The first kappa shape index (κ1) is 16.4. The molecule has 2 aromatic heterocycles. The molecule has 4 rings (SSSR count). The van der Waals surface area contributed by atoms with Crippen molar-refractivity contribution in [1.29, 1.82) is 0 Å². The number of aromatic nitrogens is 3. The van der Waals surface area contributed by atoms with Crippen molar-refractivity contribution in [1.82, 2.24) is 14.5 Å². The number of carbonyl (C=O) groups excluding carboxylic acids is 1. The molecule has 0 atom stereocenters. The molecule has 0 bridgehead atoms. The molecule has 8 heteroatoms. The summed E-state index contributed by atoms with van der Waals surface area (Å²) in [5.41, 5.74) is 1.74. The number of ether oxygens (including phenoxy) is 1. The highest BCUT2D eigenvalue weighted by molar-refractivity contribution is 5.89. The summed E-state index contributed by atoms with van der Waals surface area (Å²) < 4.78 is 32.6. The number of rotatable bonds is 4. The summed E-state index contributed by atoms with van der Waals surface area (Å²) >= 11 is 0. The Bertz CT molecular complexity index is 1060. The molecule has 1 aromatic carbocycles. The van der Waals surface area contributed by atoms with Crippen LogP contribution in [0.5, 0.6) is 0 Å². The van der Waals surface area contributed by atoms with E-state index >= 15 is 0 Å². The Balaban J connectivity index is 1.60. The van der Waals surface area contributed by atoms with Crippen molar-refractivity contribution in [3.8, 4) is 0 Å². The number of carbonyl (C=O) groups is 1. The van der Waals surface area contributed by atoms with E-state index < -0.39 is 24.7 Å². The van der Waals surface area contributed by atoms with Crippen LogP contribution in [0.1, 0.15) is 40.4 Å². The van der Waals surface area contributed by atoms with Gasteiger partial charge in [-0.2, -0.15) is 8.78 Å². The van der Waals surface area contributed by atoms with Crippen LogP contribution in [0.25, 0.3) is 11.0 Å². The molecule has 0 amide bonds. The maximum atomic E-state index is 13.4. The molecule has 1 aliphatic carbocycles. The summed E-state index contributed by atoms with van der Waals surface area (Å²) in [6.07, 6.45) is 2.48. The van der Waals surface area contributed by atoms with E-state index in [0.717, 1.165) is 35.1 Å². The molecule has 26 heavy (non-hydrogen) atoms. The average Bonchev–Trinajstić information content (AvgIpc) is 3.22. The number of hydrogen-bond acceptors (Lipinski definition) is 4. The molecule has 0 aliphatic heterocycles. The Hall–Kier alpha value is -3.03. The number of esters is 1. The Labute approximate surface area is 146 Å². The zero-order valence-corrected chi connectivity index (χ0v) is 13.7. The van der Waals surface area contributed by atoms with Gasteiger partial charge < -0.3 is 9.72 Å². The summed E-state index contributed by atoms with van der Waals surface area (Å²) in [6, 6.07) is 7.96. The van der Waals surface area contributed by atoms with Gasteiger partial charge in [-0.05, 0) is 43.0 Å². The topological polar surface area (TPSA) is 77.0 Å². The molecule has 0 unspecified atom stereocenters. The molecule has 1 N–H and O–H groups in total. The molecule has 0 saturated carbocycles. The van der Waals surface area contributed by atoms with Gasteiger partial charge in [0.15, 0.2) is 5.82 Å². The second-order valence-electron chi connectivity index (χ2n) is 6.11. The molecule has 0 radical (unpaired) electrons. The van der Waals surface area contributed by atoms with E-state index in [9.17, 15) is 18.4 Å². The smallest absolute Gasteiger partial charge is 0.344 e. The van der Waals surface area contributed by atoms with E-state index in [1.165, 1.54) is 12.1 Å². The van der Waals surface area contributed by atoms with E-state index in [4.69, 9.17) is 4.74 Å². The fourth-order valence-corrected chi connectivity index (χ4v) is 3.29. The second kappa shape index (κ2) is 6.36. The number of fused-ring (bicyclic) bond motifs is 2. The Kier molecular flexibility index (Phi) is 4.02. The summed E-state index contributed by atoms with van der Waals surface area (Å²) in [5.74, 6) is -0.930. The molecule has 0 saturated heterocycles. The van der Waals surface area contributed by atoms with Crippen LogP contribution in [0.3, 0.4) is 0 Å². The van der Waals surface area contributed by atoms with Crippen LogP contribution in [-0.2, 0) is 24.2 Å². The fraction of sp³-hybridized carbons (Fsp3) is 0.278. The highest BCUT2D eigenvalue weighted by atomic mass is 19.3. The first-order chi connectivity index (χ1) is 12.5. The summed E-state index contributed by atoms with van der Waals surface area (Å²) in [7, 11) is 0. The maximum Gasteiger partial charge on any atom is 0.344 e. The fourth-order valence-electron chi connectivity index (χ4n) is 3.29. The Morgan fingerprint density at radius 1 is 1.31 bits per heavy atom. The number of pyridine rings is 1. The van der Waals surface area contributed by atoms with E-state index in [0.29, 0.717) is 5.52 Å². The number of para-hydroxylation sites is 2. The maximum absolute atomic E-state index is 13.4. The van der Waals surface area contributed by atoms with E-state index in [-0.39, 0.29) is 16.9 Å². The van der Waals surface area contributed by atoms with Gasteiger partial charge in [0.2, 0.25) is 0 Å². The van der Waals surface area contributed by atoms with E-state index in [1.54, 1.807) is 18.2 Å². The summed E-state index contributed by atoms with van der Waals surface area (Å²) in [6.45, 7) is -3.27. The lowest BCUT2D eigenvalue weighted by atomic mass is 10.1. The van der Waals surface area contributed by atoms with Crippen molar-refractivity contribution in [3.63, 3.8) is 0 Å². The third kappa shape index (κ3) is 2.77. The van der Waals surface area contributed by atoms with Crippen molar-refractivity contribution >= 4 is 17.0 Å². The van der Waals surface area contributed by atoms with Crippen LogP contribution in [-0.4, -0.2) is 20.5 Å². The van der Waals surface area contributed by atoms with Crippen molar-refractivity contribution in [3.05, 3.63) is 63.3 Å². The van der Waals surface area contributed by atoms with Gasteiger partial charge in [-0.1, -0.05) is 12.1 Å². The average molecular weight is 359 g/mol. The van der Waals surface area contributed by atoms with Gasteiger partial charge in [0.05, 0.1) is 11.0 Å². The minimum absolute atomic E-state index is 0.0767. The number of halogens is 2. The van der Waals surface area contributed by atoms with Crippen LogP contribution in [0.15, 0.2) is 35.1 Å². The van der Waals surface area contributed by atoms with Gasteiger partial charge in [-0.25, -0.2) is 9.78 Å². The van der Waals surface area contributed by atoms with Gasteiger partial charge in [0.1, 0.15) is 12.2 Å². The number of alkyl halides is 2. The number of benzene rings is 1. The monoisotopic (exact) mass is 359 g/mol. The molecule has 0 fully saturated rings. The minimum atomic E-state index is -2.82. The lowest BCUT2D eigenvalue weighted by molar-refractivity contribution is 0.0385. The standard InChI is InChI=1S/C18H15F2N3O3/c19-18(20)23-14-7-2-1-5-13(14)21-15(23)9-26-17(25)11-8-10-4-3-6-12(10)22-16(11)24/h1-2,5,7-8,18H,3-4,6,9H2,(H,22,24). The number of hydrogen-bond donors (Lipinski definition) is 1. The van der Waals surface area contributed by atoms with Crippen LogP contribution in [0.2, 0.25) is 0 Å². The summed E-state index contributed by atoms with van der Waals surface area (Å²) in [4.78, 5) is 31.1. The van der Waals surface area contributed by atoms with Crippen LogP contribution in [0.4, 0.5) is 8.78 Å². The highest BCUT2D eigenvalue weighted by Crippen LogP contribution is 2.24. The van der Waals surface area contributed by atoms with Gasteiger partial charge in [-0.3, -0.25) is 9.36 Å². The molecular weight excluding hydrogens is 344 g/mol. The normalized spacial score (nSPS) is 13.3. The van der Waals surface area contributed by atoms with E-state index in [2.05, 4.69) is 9.97 Å². The zero-order valence-electron chi connectivity index (χ0n) is 13.7. The number of H-pyrrole nitrogens is 1. The zero-order chi connectivity index (χ0) is 18.3. The predicted octanol–water partition coefficient (Wildman–Crippen LogP) is 2.97. The largest absolute Gasteiger partial charge is 0.454 e. The predicted molar refractivity (Wildman–Crippen MR) is 89.2 cm³/mol. The van der Waals surface area contributed by atoms with Crippen molar-refractivity contribution in [2.24, 2.45) is 0 Å². The highest BCUT2D eigenvalue weighted by Gasteiger charge is 2.22. The van der Waals surface area contributed by atoms with Crippen molar-refractivity contribution < 1.29 is 18.3 Å².